The van der Waals surface area contributed by atoms with Gasteiger partial charge in [0, 0.05) is 23.4 Å². The van der Waals surface area contributed by atoms with E-state index in [2.05, 4.69) is 10.1 Å². The number of esters is 1. The number of fused-ring (bicyclic) bond motifs is 1. The van der Waals surface area contributed by atoms with E-state index in [1.807, 2.05) is 13.8 Å². The second kappa shape index (κ2) is 7.02. The molecule has 0 N–H and O–H groups in total. The maximum absolute atomic E-state index is 14.4. The molecule has 8 heteroatoms. The highest BCUT2D eigenvalue weighted by atomic mass is 19.2. The Kier molecular flexibility index (Phi) is 4.91. The molecule has 0 saturated heterocycles. The number of aryl methyl sites for hydroxylation is 1. The highest BCUT2D eigenvalue weighted by molar-refractivity contribution is 5.91. The summed E-state index contributed by atoms with van der Waals surface area (Å²) in [6, 6.07) is 1.36. The summed E-state index contributed by atoms with van der Waals surface area (Å²) >= 11 is 0. The molecule has 5 nitrogen and oxygen atoms in total. The van der Waals surface area contributed by atoms with Crippen LogP contribution in [0.1, 0.15) is 48.3 Å². The Morgan fingerprint density at radius 3 is 2.59 bits per heavy atom. The first-order chi connectivity index (χ1) is 12.8. The first-order valence-corrected chi connectivity index (χ1v) is 8.46. The summed E-state index contributed by atoms with van der Waals surface area (Å²) in [6.45, 7) is 7.15. The van der Waals surface area contributed by atoms with Crippen LogP contribution in [0.3, 0.4) is 0 Å². The molecule has 0 radical (unpaired) electrons. The van der Waals surface area contributed by atoms with Crippen LogP contribution >= 0.6 is 0 Å². The largest absolute Gasteiger partial charge is 0.461 e. The Morgan fingerprint density at radius 2 is 1.96 bits per heavy atom. The quantitative estimate of drug-likeness (QED) is 0.499. The second-order valence-corrected chi connectivity index (χ2v) is 6.41. The zero-order valence-corrected chi connectivity index (χ0v) is 15.3. The Morgan fingerprint density at radius 1 is 1.26 bits per heavy atom. The van der Waals surface area contributed by atoms with Crippen molar-refractivity contribution in [2.45, 2.75) is 33.6 Å². The average Bonchev–Trinajstić information content (AvgIpc) is 2.98. The van der Waals surface area contributed by atoms with E-state index in [0.717, 1.165) is 6.07 Å². The van der Waals surface area contributed by atoms with Crippen LogP contribution in [0, 0.1) is 24.4 Å². The van der Waals surface area contributed by atoms with E-state index < -0.39 is 23.4 Å². The number of nitrogens with zero attached hydrogens (tertiary/aromatic N) is 3. The van der Waals surface area contributed by atoms with Crippen molar-refractivity contribution in [1.29, 1.82) is 0 Å². The van der Waals surface area contributed by atoms with E-state index in [1.54, 1.807) is 13.8 Å². The van der Waals surface area contributed by atoms with Gasteiger partial charge in [0.2, 0.25) is 0 Å². The number of aromatic nitrogens is 3. The molecule has 3 rings (SSSR count). The molecule has 27 heavy (non-hydrogen) atoms. The Hall–Kier alpha value is -2.90. The van der Waals surface area contributed by atoms with Gasteiger partial charge in [0.15, 0.2) is 23.0 Å². The summed E-state index contributed by atoms with van der Waals surface area (Å²) in [5.41, 5.74) is 1.13. The van der Waals surface area contributed by atoms with E-state index in [0.29, 0.717) is 22.8 Å². The molecule has 3 aromatic rings. The predicted octanol–water partition coefficient (Wildman–Crippen LogP) is 4.42. The minimum atomic E-state index is -1.31. The number of hydrogen-bond acceptors (Lipinski definition) is 4. The molecule has 2 aromatic heterocycles. The van der Waals surface area contributed by atoms with Gasteiger partial charge in [-0.15, -0.1) is 0 Å². The number of ether oxygens (including phenoxy) is 1. The van der Waals surface area contributed by atoms with Crippen molar-refractivity contribution in [3.63, 3.8) is 0 Å². The van der Waals surface area contributed by atoms with E-state index in [1.165, 1.54) is 10.7 Å². The molecule has 0 spiro atoms. The van der Waals surface area contributed by atoms with Crippen molar-refractivity contribution in [3.05, 3.63) is 52.6 Å². The minimum Gasteiger partial charge on any atom is -0.461 e. The lowest BCUT2D eigenvalue weighted by atomic mass is 10.0. The van der Waals surface area contributed by atoms with Crippen molar-refractivity contribution in [2.24, 2.45) is 0 Å². The summed E-state index contributed by atoms with van der Waals surface area (Å²) in [5, 5.41) is 4.26. The van der Waals surface area contributed by atoms with E-state index >= 15 is 0 Å². The summed E-state index contributed by atoms with van der Waals surface area (Å²) in [5.74, 6) is -4.21. The lowest BCUT2D eigenvalue weighted by Gasteiger charge is -2.11. The molecule has 0 fully saturated rings. The maximum atomic E-state index is 14.4. The van der Waals surface area contributed by atoms with Gasteiger partial charge < -0.3 is 4.74 Å². The molecule has 0 atom stereocenters. The second-order valence-electron chi connectivity index (χ2n) is 6.41. The average molecular weight is 377 g/mol. The van der Waals surface area contributed by atoms with Gasteiger partial charge in [-0.1, -0.05) is 13.8 Å². The van der Waals surface area contributed by atoms with Gasteiger partial charge in [-0.25, -0.2) is 27.5 Å². The highest BCUT2D eigenvalue weighted by Gasteiger charge is 2.27. The molecule has 1 aromatic carbocycles. The molecule has 0 aliphatic rings. The van der Waals surface area contributed by atoms with Crippen molar-refractivity contribution < 1.29 is 22.7 Å². The zero-order chi connectivity index (χ0) is 19.9. The number of halogens is 3. The molecule has 0 amide bonds. The summed E-state index contributed by atoms with van der Waals surface area (Å²) in [6.07, 6.45) is 1.45. The number of benzene rings is 1. The summed E-state index contributed by atoms with van der Waals surface area (Å²) in [4.78, 5) is 16.6. The molecule has 0 unspecified atom stereocenters. The van der Waals surface area contributed by atoms with Crippen LogP contribution in [0.4, 0.5) is 13.2 Å². The molecule has 0 aliphatic carbocycles. The Balaban J connectivity index is 2.40. The molecule has 2 heterocycles. The zero-order valence-electron chi connectivity index (χ0n) is 15.3. The van der Waals surface area contributed by atoms with Crippen molar-refractivity contribution in [2.75, 3.05) is 6.61 Å². The van der Waals surface area contributed by atoms with Crippen molar-refractivity contribution in [3.8, 4) is 11.3 Å². The van der Waals surface area contributed by atoms with Crippen molar-refractivity contribution >= 4 is 11.6 Å². The van der Waals surface area contributed by atoms with Gasteiger partial charge in [-0.2, -0.15) is 5.10 Å². The SMILES string of the molecule is CCOC(=O)c1nn2c(-c3cc(F)cc(F)c3F)c(C)cnc2c1C(C)C. The van der Waals surface area contributed by atoms with Gasteiger partial charge in [0.1, 0.15) is 5.82 Å². The minimum absolute atomic E-state index is 0.0449. The van der Waals surface area contributed by atoms with Gasteiger partial charge in [0.05, 0.1) is 12.3 Å². The summed E-state index contributed by atoms with van der Waals surface area (Å²) in [7, 11) is 0. The van der Waals surface area contributed by atoms with Gasteiger partial charge >= 0.3 is 5.97 Å². The third-order valence-electron chi connectivity index (χ3n) is 4.16. The molecular formula is C19H18F3N3O2. The first kappa shape index (κ1) is 18.9. The third kappa shape index (κ3) is 3.15. The van der Waals surface area contributed by atoms with Gasteiger partial charge in [-0.05, 0) is 31.4 Å². The normalized spacial score (nSPS) is 11.4. The lowest BCUT2D eigenvalue weighted by Crippen LogP contribution is -2.09. The topological polar surface area (TPSA) is 56.5 Å². The number of carbonyl (C=O) groups is 1. The predicted molar refractivity (Wildman–Crippen MR) is 93.1 cm³/mol. The summed E-state index contributed by atoms with van der Waals surface area (Å²) < 4.78 is 48.2. The first-order valence-electron chi connectivity index (χ1n) is 8.46. The van der Waals surface area contributed by atoms with E-state index in [4.69, 9.17) is 4.74 Å². The molecule has 0 aliphatic heterocycles. The lowest BCUT2D eigenvalue weighted by molar-refractivity contribution is 0.0517. The van der Waals surface area contributed by atoms with Crippen LogP contribution in [0.25, 0.3) is 16.9 Å². The van der Waals surface area contributed by atoms with E-state index in [-0.39, 0.29) is 29.5 Å². The van der Waals surface area contributed by atoms with Gasteiger partial charge in [-0.3, -0.25) is 0 Å². The van der Waals surface area contributed by atoms with Crippen LogP contribution in [-0.4, -0.2) is 27.2 Å². The fourth-order valence-electron chi connectivity index (χ4n) is 3.02. The Bertz CT molecular complexity index is 1040. The van der Waals surface area contributed by atoms with E-state index in [9.17, 15) is 18.0 Å². The van der Waals surface area contributed by atoms with Crippen molar-refractivity contribution in [1.82, 2.24) is 14.6 Å². The van der Waals surface area contributed by atoms with Crippen LogP contribution in [-0.2, 0) is 4.74 Å². The monoisotopic (exact) mass is 377 g/mol. The van der Waals surface area contributed by atoms with Gasteiger partial charge in [0.25, 0.3) is 0 Å². The number of carbonyl (C=O) groups excluding carboxylic acids is 1. The molecule has 142 valence electrons. The number of hydrogen-bond donors (Lipinski definition) is 0. The highest BCUT2D eigenvalue weighted by Crippen LogP contribution is 2.32. The Labute approximate surface area is 153 Å². The van der Waals surface area contributed by atoms with Crippen LogP contribution in [0.15, 0.2) is 18.3 Å². The standard InChI is InChI=1S/C19H18F3N3O2/c1-5-27-19(26)16-14(9(2)3)18-23-8-10(4)17(25(18)24-16)12-6-11(20)7-13(21)15(12)22/h6-9H,5H2,1-4H3. The van der Waals surface area contributed by atoms with Crippen LogP contribution in [0.2, 0.25) is 0 Å². The van der Waals surface area contributed by atoms with Crippen LogP contribution < -0.4 is 0 Å². The molecule has 0 bridgehead atoms. The van der Waals surface area contributed by atoms with Crippen LogP contribution in [0.5, 0.6) is 0 Å². The fourth-order valence-corrected chi connectivity index (χ4v) is 3.02. The molecule has 0 saturated carbocycles. The smallest absolute Gasteiger partial charge is 0.359 e. The fraction of sp³-hybridized carbons (Fsp3) is 0.316. The number of rotatable bonds is 4. The maximum Gasteiger partial charge on any atom is 0.359 e. The third-order valence-corrected chi connectivity index (χ3v) is 4.16. The molecular weight excluding hydrogens is 359 g/mol.